The van der Waals surface area contributed by atoms with Gasteiger partial charge in [-0.05, 0) is 68.9 Å². The first-order valence-corrected chi connectivity index (χ1v) is 11.7. The lowest BCUT2D eigenvalue weighted by molar-refractivity contribution is -0.148. The second kappa shape index (κ2) is 7.87. The molecule has 0 spiro atoms. The lowest BCUT2D eigenvalue weighted by Gasteiger charge is -2.58. The van der Waals surface area contributed by atoms with Gasteiger partial charge in [0.05, 0.1) is 17.2 Å². The molecule has 9 heteroatoms. The molecule has 6 nitrogen and oxygen atoms in total. The number of carbonyl (C=O) groups excluding carboxylic acids is 1. The quantitative estimate of drug-likeness (QED) is 0.735. The number of aromatic nitrogens is 1. The van der Waals surface area contributed by atoms with Gasteiger partial charge in [-0.3, -0.25) is 9.69 Å². The number of rotatable bonds is 4. The summed E-state index contributed by atoms with van der Waals surface area (Å²) in [6.07, 6.45) is 1.24. The van der Waals surface area contributed by atoms with Crippen LogP contribution in [0.3, 0.4) is 0 Å². The average Bonchev–Trinajstić information content (AvgIpc) is 2.74. The Morgan fingerprint density at radius 3 is 2.34 bits per heavy atom. The third kappa shape index (κ3) is 4.09. The van der Waals surface area contributed by atoms with Gasteiger partial charge in [-0.25, -0.2) is 4.98 Å². The summed E-state index contributed by atoms with van der Waals surface area (Å²) in [5, 5.41) is 14.1. The van der Waals surface area contributed by atoms with Crippen molar-refractivity contribution < 1.29 is 23.1 Å². The molecule has 0 radical (unpaired) electrons. The zero-order chi connectivity index (χ0) is 22.7. The van der Waals surface area contributed by atoms with Crippen molar-refractivity contribution in [2.45, 2.75) is 62.9 Å². The van der Waals surface area contributed by atoms with E-state index in [9.17, 15) is 23.1 Å². The molecule has 6 rings (SSSR count). The van der Waals surface area contributed by atoms with Gasteiger partial charge in [0.25, 0.3) is 0 Å². The largest absolute Gasteiger partial charge is 0.417 e. The van der Waals surface area contributed by atoms with Crippen LogP contribution in [-0.2, 0) is 11.0 Å². The topological polar surface area (TPSA) is 68.7 Å². The van der Waals surface area contributed by atoms with E-state index in [4.69, 9.17) is 0 Å². The zero-order valence-electron chi connectivity index (χ0n) is 18.3. The highest BCUT2D eigenvalue weighted by Crippen LogP contribution is 2.55. The number of carbonyl (C=O) groups is 1. The van der Waals surface area contributed by atoms with E-state index < -0.39 is 17.3 Å². The van der Waals surface area contributed by atoms with Crippen molar-refractivity contribution in [1.82, 2.24) is 15.2 Å². The number of aliphatic hydroxyl groups is 1. The van der Waals surface area contributed by atoms with Gasteiger partial charge in [-0.15, -0.1) is 0 Å². The molecular formula is C23H31F3N4O2. The SMILES string of the molecule is CC(C(=O)NC1C2CC3C[C@H]1C[C@@](O)(C3)C2)N1CCN(c2ccc(C(F)(F)F)cn2)CC1. The van der Waals surface area contributed by atoms with Crippen LogP contribution in [0.1, 0.15) is 44.6 Å². The Morgan fingerprint density at radius 2 is 1.81 bits per heavy atom. The van der Waals surface area contributed by atoms with Crippen LogP contribution in [0.15, 0.2) is 18.3 Å². The van der Waals surface area contributed by atoms with Gasteiger partial charge in [-0.2, -0.15) is 13.2 Å². The first-order valence-electron chi connectivity index (χ1n) is 11.7. The highest BCUT2D eigenvalue weighted by atomic mass is 19.4. The molecule has 2 N–H and O–H groups in total. The molecule has 6 atom stereocenters. The number of alkyl halides is 3. The Kier molecular flexibility index (Phi) is 5.40. The van der Waals surface area contributed by atoms with Gasteiger partial charge in [0.15, 0.2) is 0 Å². The van der Waals surface area contributed by atoms with Crippen molar-refractivity contribution >= 4 is 11.7 Å². The van der Waals surface area contributed by atoms with Crippen LogP contribution >= 0.6 is 0 Å². The second-order valence-electron chi connectivity index (χ2n) is 10.3. The molecule has 4 aliphatic carbocycles. The van der Waals surface area contributed by atoms with Gasteiger partial charge in [0.2, 0.25) is 5.91 Å². The summed E-state index contributed by atoms with van der Waals surface area (Å²) in [7, 11) is 0. The summed E-state index contributed by atoms with van der Waals surface area (Å²) in [5.74, 6) is 1.93. The molecule has 5 aliphatic rings. The highest BCUT2D eigenvalue weighted by molar-refractivity contribution is 5.81. The minimum absolute atomic E-state index is 0.0376. The smallest absolute Gasteiger partial charge is 0.390 e. The number of nitrogens with one attached hydrogen (secondary N) is 1. The molecule has 1 aliphatic heterocycles. The molecule has 1 amide bonds. The van der Waals surface area contributed by atoms with E-state index in [1.54, 1.807) is 0 Å². The van der Waals surface area contributed by atoms with Crippen LogP contribution in [0.4, 0.5) is 19.0 Å². The highest BCUT2D eigenvalue weighted by Gasteiger charge is 2.55. The maximum Gasteiger partial charge on any atom is 0.417 e. The van der Waals surface area contributed by atoms with Crippen LogP contribution in [0.2, 0.25) is 0 Å². The monoisotopic (exact) mass is 452 g/mol. The predicted octanol–water partition coefficient (Wildman–Crippen LogP) is 2.67. The molecule has 32 heavy (non-hydrogen) atoms. The maximum atomic E-state index is 13.0. The van der Waals surface area contributed by atoms with E-state index >= 15 is 0 Å². The number of anilines is 1. The molecule has 0 aromatic carbocycles. The van der Waals surface area contributed by atoms with E-state index in [1.165, 1.54) is 6.07 Å². The first kappa shape index (κ1) is 21.9. The van der Waals surface area contributed by atoms with Crippen LogP contribution < -0.4 is 10.2 Å². The Labute approximate surface area is 186 Å². The van der Waals surface area contributed by atoms with E-state index in [0.29, 0.717) is 49.8 Å². The van der Waals surface area contributed by atoms with Crippen molar-refractivity contribution in [3.05, 3.63) is 23.9 Å². The van der Waals surface area contributed by atoms with E-state index in [1.807, 2.05) is 11.8 Å². The van der Waals surface area contributed by atoms with Gasteiger partial charge < -0.3 is 15.3 Å². The summed E-state index contributed by atoms with van der Waals surface area (Å²) in [5.41, 5.74) is -1.26. The molecule has 1 saturated heterocycles. The molecule has 4 unspecified atom stereocenters. The lowest BCUT2D eigenvalue weighted by Crippen LogP contribution is -2.63. The average molecular weight is 453 g/mol. The number of hydrogen-bond donors (Lipinski definition) is 2. The molecule has 4 bridgehead atoms. The van der Waals surface area contributed by atoms with E-state index in [0.717, 1.165) is 44.4 Å². The van der Waals surface area contributed by atoms with Crippen molar-refractivity contribution in [2.24, 2.45) is 17.8 Å². The van der Waals surface area contributed by atoms with Crippen LogP contribution in [0.5, 0.6) is 0 Å². The number of hydrogen-bond acceptors (Lipinski definition) is 5. The summed E-state index contributed by atoms with van der Waals surface area (Å²) in [6, 6.07) is 2.37. The Morgan fingerprint density at radius 1 is 1.16 bits per heavy atom. The fraction of sp³-hybridized carbons (Fsp3) is 0.739. The minimum atomic E-state index is -4.39. The minimum Gasteiger partial charge on any atom is -0.390 e. The summed E-state index contributed by atoms with van der Waals surface area (Å²) < 4.78 is 38.2. The third-order valence-corrected chi connectivity index (χ3v) is 8.19. The van der Waals surface area contributed by atoms with Crippen molar-refractivity contribution in [1.29, 1.82) is 0 Å². The number of piperazine rings is 1. The van der Waals surface area contributed by atoms with Gasteiger partial charge in [0.1, 0.15) is 5.82 Å². The molecule has 4 saturated carbocycles. The number of pyridine rings is 1. The molecule has 5 fully saturated rings. The number of nitrogens with zero attached hydrogens (tertiary/aromatic N) is 3. The molecule has 176 valence electrons. The molecular weight excluding hydrogens is 421 g/mol. The summed E-state index contributed by atoms with van der Waals surface area (Å²) in [4.78, 5) is 21.1. The van der Waals surface area contributed by atoms with E-state index in [2.05, 4.69) is 15.2 Å². The Hall–Kier alpha value is -1.87. The van der Waals surface area contributed by atoms with Crippen molar-refractivity contribution in [2.75, 3.05) is 31.1 Å². The number of amides is 1. The lowest BCUT2D eigenvalue weighted by atomic mass is 9.52. The van der Waals surface area contributed by atoms with Crippen molar-refractivity contribution in [3.8, 4) is 0 Å². The van der Waals surface area contributed by atoms with Gasteiger partial charge in [-0.1, -0.05) is 0 Å². The molecule has 1 aromatic rings. The predicted molar refractivity (Wildman–Crippen MR) is 113 cm³/mol. The van der Waals surface area contributed by atoms with Crippen LogP contribution in [0, 0.1) is 17.8 Å². The summed E-state index contributed by atoms with van der Waals surface area (Å²) in [6.45, 7) is 4.44. The summed E-state index contributed by atoms with van der Waals surface area (Å²) >= 11 is 0. The second-order valence-corrected chi connectivity index (χ2v) is 10.3. The van der Waals surface area contributed by atoms with Gasteiger partial charge >= 0.3 is 6.18 Å². The Balaban J connectivity index is 1.14. The number of halogens is 3. The normalized spacial score (nSPS) is 35.7. The van der Waals surface area contributed by atoms with Crippen LogP contribution in [-0.4, -0.2) is 64.8 Å². The third-order valence-electron chi connectivity index (χ3n) is 8.19. The fourth-order valence-electron chi connectivity index (χ4n) is 6.75. The first-order chi connectivity index (χ1) is 15.1. The zero-order valence-corrected chi connectivity index (χ0v) is 18.3. The van der Waals surface area contributed by atoms with Crippen molar-refractivity contribution in [3.63, 3.8) is 0 Å². The maximum absolute atomic E-state index is 13.0. The van der Waals surface area contributed by atoms with Crippen LogP contribution in [0.25, 0.3) is 0 Å². The van der Waals surface area contributed by atoms with E-state index in [-0.39, 0.29) is 18.0 Å². The standard InChI is InChI=1S/C23H31F3N4O2/c1-14(21(31)28-20-16-8-15-9-17(20)12-22(32,10-15)11-16)29-4-6-30(7-5-29)19-3-2-18(13-27-19)23(24,25)26/h2-3,13-17,20,32H,4-12H2,1H3,(H,28,31)/t14?,15?,16-,17?,20?,22-/m0/s1. The molecule has 2 heterocycles. The fourth-order valence-corrected chi connectivity index (χ4v) is 6.75. The van der Waals surface area contributed by atoms with Gasteiger partial charge in [0, 0.05) is 38.4 Å². The molecule has 1 aromatic heterocycles. The Bertz CT molecular complexity index is 838.